The summed E-state index contributed by atoms with van der Waals surface area (Å²) in [6, 6.07) is 12.5. The summed E-state index contributed by atoms with van der Waals surface area (Å²) in [5.74, 6) is 2.37. The Morgan fingerprint density at radius 3 is 1.61 bits per heavy atom. The molecule has 0 aromatic heterocycles. The van der Waals surface area contributed by atoms with Crippen LogP contribution in [0.25, 0.3) is 0 Å². The first kappa shape index (κ1) is 25.2. The third-order valence-electron chi connectivity index (χ3n) is 5.72. The van der Waals surface area contributed by atoms with Gasteiger partial charge in [0, 0.05) is 33.0 Å². The molecule has 0 bridgehead atoms. The molecule has 0 N–H and O–H groups in total. The number of anilines is 2. The highest BCUT2D eigenvalue weighted by Crippen LogP contribution is 2.43. The Morgan fingerprint density at radius 1 is 0.697 bits per heavy atom. The zero-order valence-electron chi connectivity index (χ0n) is 20.9. The SMILES string of the molecule is COCCOc1cccc(OCCOC)c1N1[C]N(c2c(C(C)C)cccc2C(C)C)CC1. The molecule has 0 amide bonds. The maximum absolute atomic E-state index is 6.07. The minimum Gasteiger partial charge on any atom is -0.489 e. The second-order valence-corrected chi connectivity index (χ2v) is 8.78. The van der Waals surface area contributed by atoms with Gasteiger partial charge in [0.2, 0.25) is 6.67 Å². The molecule has 180 valence electrons. The zero-order valence-corrected chi connectivity index (χ0v) is 20.9. The van der Waals surface area contributed by atoms with Crippen molar-refractivity contribution in [2.45, 2.75) is 39.5 Å². The van der Waals surface area contributed by atoms with Gasteiger partial charge >= 0.3 is 0 Å². The third-order valence-corrected chi connectivity index (χ3v) is 5.72. The minimum absolute atomic E-state index is 0.423. The molecule has 6 heteroatoms. The van der Waals surface area contributed by atoms with Crippen molar-refractivity contribution in [2.75, 3.05) is 63.5 Å². The summed E-state index contributed by atoms with van der Waals surface area (Å²) in [7, 11) is 3.35. The second-order valence-electron chi connectivity index (χ2n) is 8.78. The molecule has 0 spiro atoms. The van der Waals surface area contributed by atoms with Gasteiger partial charge in [-0.15, -0.1) is 0 Å². The van der Waals surface area contributed by atoms with E-state index in [1.54, 1.807) is 14.2 Å². The molecule has 1 heterocycles. The molecule has 3 rings (SSSR count). The highest BCUT2D eigenvalue weighted by atomic mass is 16.5. The first-order valence-electron chi connectivity index (χ1n) is 11.8. The van der Waals surface area contributed by atoms with Gasteiger partial charge in [-0.25, -0.2) is 0 Å². The fourth-order valence-corrected chi connectivity index (χ4v) is 4.06. The molecule has 1 aliphatic rings. The van der Waals surface area contributed by atoms with Gasteiger partial charge < -0.3 is 28.7 Å². The van der Waals surface area contributed by atoms with E-state index in [0.717, 1.165) is 30.3 Å². The smallest absolute Gasteiger partial charge is 0.209 e. The third kappa shape index (κ3) is 6.12. The molecule has 1 fully saturated rings. The fourth-order valence-electron chi connectivity index (χ4n) is 4.06. The Hall–Kier alpha value is -2.44. The van der Waals surface area contributed by atoms with Gasteiger partial charge in [-0.1, -0.05) is 52.0 Å². The molecule has 0 unspecified atom stereocenters. The Morgan fingerprint density at radius 2 is 1.15 bits per heavy atom. The van der Waals surface area contributed by atoms with Crippen LogP contribution in [0.4, 0.5) is 11.4 Å². The normalized spacial score (nSPS) is 13.9. The van der Waals surface area contributed by atoms with Crippen LogP contribution >= 0.6 is 0 Å². The molecular weight excluding hydrogens is 416 g/mol. The molecule has 2 aromatic carbocycles. The van der Waals surface area contributed by atoms with E-state index in [0.29, 0.717) is 38.3 Å². The van der Waals surface area contributed by atoms with E-state index in [4.69, 9.17) is 18.9 Å². The van der Waals surface area contributed by atoms with E-state index in [1.165, 1.54) is 16.8 Å². The number of hydrogen-bond acceptors (Lipinski definition) is 6. The number of nitrogens with zero attached hydrogens (tertiary/aromatic N) is 2. The summed E-state index contributed by atoms with van der Waals surface area (Å²) in [6.07, 6.45) is 0. The summed E-state index contributed by atoms with van der Waals surface area (Å²) >= 11 is 0. The lowest BCUT2D eigenvalue weighted by Gasteiger charge is -2.28. The van der Waals surface area contributed by atoms with Crippen LogP contribution in [0.1, 0.15) is 50.7 Å². The fraction of sp³-hybridized carbons (Fsp3) is 0.519. The zero-order chi connectivity index (χ0) is 23.8. The Kier molecular flexibility index (Phi) is 9.27. The van der Waals surface area contributed by atoms with Crippen molar-refractivity contribution in [1.82, 2.24) is 0 Å². The maximum Gasteiger partial charge on any atom is 0.209 e. The largest absolute Gasteiger partial charge is 0.489 e. The van der Waals surface area contributed by atoms with E-state index in [9.17, 15) is 0 Å². The summed E-state index contributed by atoms with van der Waals surface area (Å²) in [6.45, 7) is 16.2. The molecule has 6 nitrogen and oxygen atoms in total. The lowest BCUT2D eigenvalue weighted by atomic mass is 9.92. The van der Waals surface area contributed by atoms with Gasteiger partial charge in [0.05, 0.1) is 13.2 Å². The lowest BCUT2D eigenvalue weighted by Crippen LogP contribution is -2.22. The van der Waals surface area contributed by atoms with Crippen LogP contribution in [0, 0.1) is 6.67 Å². The predicted molar refractivity (Wildman–Crippen MR) is 134 cm³/mol. The van der Waals surface area contributed by atoms with Crippen LogP contribution in [0.3, 0.4) is 0 Å². The Balaban J connectivity index is 1.93. The number of rotatable bonds is 12. The number of para-hydroxylation sites is 2. The number of ether oxygens (including phenoxy) is 4. The molecule has 33 heavy (non-hydrogen) atoms. The molecule has 2 radical (unpaired) electrons. The standard InChI is InChI=1S/C27H38N2O4/c1-20(2)22-9-7-10-23(21(3)4)26(22)28-13-14-29(19-28)27-24(32-17-15-30-5)11-8-12-25(27)33-18-16-31-6/h7-12,20-21H,13-18H2,1-6H3. The van der Waals surface area contributed by atoms with Gasteiger partial charge in [0.25, 0.3) is 0 Å². The van der Waals surface area contributed by atoms with Crippen molar-refractivity contribution in [3.8, 4) is 11.5 Å². The highest BCUT2D eigenvalue weighted by Gasteiger charge is 2.31. The van der Waals surface area contributed by atoms with Gasteiger partial charge in [-0.3, -0.25) is 0 Å². The number of methoxy groups -OCH3 is 2. The quantitative estimate of drug-likeness (QED) is 0.405. The van der Waals surface area contributed by atoms with E-state index in [1.807, 2.05) is 18.2 Å². The monoisotopic (exact) mass is 454 g/mol. The summed E-state index contributed by atoms with van der Waals surface area (Å²) in [5, 5.41) is 0. The number of benzene rings is 2. The molecule has 2 aromatic rings. The van der Waals surface area contributed by atoms with Crippen molar-refractivity contribution < 1.29 is 18.9 Å². The van der Waals surface area contributed by atoms with Crippen molar-refractivity contribution >= 4 is 11.4 Å². The lowest BCUT2D eigenvalue weighted by molar-refractivity contribution is 0.143. The van der Waals surface area contributed by atoms with Crippen molar-refractivity contribution in [3.05, 3.63) is 54.2 Å². The molecule has 0 atom stereocenters. The molecule has 1 saturated heterocycles. The van der Waals surface area contributed by atoms with Crippen LogP contribution in [0.5, 0.6) is 11.5 Å². The predicted octanol–water partition coefficient (Wildman–Crippen LogP) is 5.31. The minimum atomic E-state index is 0.423. The first-order valence-corrected chi connectivity index (χ1v) is 11.8. The van der Waals surface area contributed by atoms with E-state index in [-0.39, 0.29) is 0 Å². The van der Waals surface area contributed by atoms with E-state index < -0.39 is 0 Å². The Bertz CT molecular complexity index is 830. The van der Waals surface area contributed by atoms with E-state index in [2.05, 4.69) is 62.4 Å². The second kappa shape index (κ2) is 12.1. The summed E-state index contributed by atoms with van der Waals surface area (Å²) in [4.78, 5) is 4.38. The van der Waals surface area contributed by atoms with Crippen LogP contribution in [-0.2, 0) is 9.47 Å². The van der Waals surface area contributed by atoms with Gasteiger partial charge in [0.1, 0.15) is 30.4 Å². The van der Waals surface area contributed by atoms with E-state index >= 15 is 0 Å². The molecular formula is C27H38N2O4. The van der Waals surface area contributed by atoms with Gasteiger partial charge in [-0.05, 0) is 35.1 Å². The molecule has 0 aliphatic carbocycles. The topological polar surface area (TPSA) is 43.4 Å². The van der Waals surface area contributed by atoms with Crippen LogP contribution in [0.15, 0.2) is 36.4 Å². The summed E-state index contributed by atoms with van der Waals surface area (Å²) < 4.78 is 22.5. The summed E-state index contributed by atoms with van der Waals surface area (Å²) in [5.41, 5.74) is 4.85. The van der Waals surface area contributed by atoms with Crippen molar-refractivity contribution in [1.29, 1.82) is 0 Å². The first-order chi connectivity index (χ1) is 16.0. The molecule has 0 saturated carbocycles. The maximum atomic E-state index is 6.07. The average molecular weight is 455 g/mol. The van der Waals surface area contributed by atoms with Crippen LogP contribution < -0.4 is 19.3 Å². The highest BCUT2D eigenvalue weighted by molar-refractivity contribution is 5.73. The Labute approximate surface area is 199 Å². The number of hydrogen-bond donors (Lipinski definition) is 0. The van der Waals surface area contributed by atoms with Gasteiger partial charge in [0.15, 0.2) is 0 Å². The average Bonchev–Trinajstić information content (AvgIpc) is 3.28. The van der Waals surface area contributed by atoms with Gasteiger partial charge in [-0.2, -0.15) is 0 Å². The van der Waals surface area contributed by atoms with Crippen molar-refractivity contribution in [2.24, 2.45) is 0 Å². The van der Waals surface area contributed by atoms with Crippen LogP contribution in [0.2, 0.25) is 0 Å². The molecule has 1 aliphatic heterocycles. The van der Waals surface area contributed by atoms with Crippen molar-refractivity contribution in [3.63, 3.8) is 0 Å². The van der Waals surface area contributed by atoms with Crippen LogP contribution in [-0.4, -0.2) is 53.7 Å².